The summed E-state index contributed by atoms with van der Waals surface area (Å²) >= 11 is 0. The fourth-order valence-corrected chi connectivity index (χ4v) is 3.14. The van der Waals surface area contributed by atoms with Gasteiger partial charge in [0.1, 0.15) is 11.8 Å². The summed E-state index contributed by atoms with van der Waals surface area (Å²) in [6.45, 7) is 4.05. The molecule has 0 radical (unpaired) electrons. The highest BCUT2D eigenvalue weighted by Crippen LogP contribution is 2.35. The van der Waals surface area contributed by atoms with Gasteiger partial charge in [0.15, 0.2) is 5.82 Å². The number of carbonyl (C=O) groups is 2. The van der Waals surface area contributed by atoms with Gasteiger partial charge < -0.3 is 10.1 Å². The molecule has 1 aromatic carbocycles. The first-order chi connectivity index (χ1) is 12.5. The molecule has 2 heterocycles. The van der Waals surface area contributed by atoms with Gasteiger partial charge in [0.05, 0.1) is 19.7 Å². The van der Waals surface area contributed by atoms with Crippen LogP contribution in [-0.4, -0.2) is 34.9 Å². The topological polar surface area (TPSA) is 84.4 Å². The molecule has 0 fully saturated rings. The average molecular weight is 354 g/mol. The molecule has 2 amide bonds. The van der Waals surface area contributed by atoms with E-state index in [1.807, 2.05) is 26.0 Å². The summed E-state index contributed by atoms with van der Waals surface area (Å²) in [5.74, 6) is 0.947. The maximum Gasteiger partial charge on any atom is 0.248 e. The number of methoxy groups -OCH3 is 1. The Labute approximate surface area is 152 Å². The van der Waals surface area contributed by atoms with Crippen LogP contribution in [0.4, 0.5) is 11.5 Å². The molecule has 0 bridgehead atoms. The van der Waals surface area contributed by atoms with Crippen LogP contribution in [0.25, 0.3) is 0 Å². The zero-order valence-electron chi connectivity index (χ0n) is 15.1. The van der Waals surface area contributed by atoms with E-state index in [2.05, 4.69) is 15.3 Å². The van der Waals surface area contributed by atoms with E-state index in [4.69, 9.17) is 4.74 Å². The molecule has 1 atom stereocenters. The summed E-state index contributed by atoms with van der Waals surface area (Å²) in [6.07, 6.45) is 5.34. The maximum atomic E-state index is 12.9. The number of ether oxygens (including phenoxy) is 1. The third-order valence-electron chi connectivity index (χ3n) is 4.28. The predicted molar refractivity (Wildman–Crippen MR) is 98.1 cm³/mol. The average Bonchev–Trinajstić information content (AvgIpc) is 2.94. The molecule has 136 valence electrons. The van der Waals surface area contributed by atoms with Gasteiger partial charge in [-0.3, -0.25) is 19.5 Å². The molecule has 1 aromatic heterocycles. The van der Waals surface area contributed by atoms with Crippen molar-refractivity contribution < 1.29 is 14.3 Å². The first kappa shape index (κ1) is 17.8. The lowest BCUT2D eigenvalue weighted by molar-refractivity contribution is -0.123. The molecule has 26 heavy (non-hydrogen) atoms. The molecule has 3 rings (SSSR count). The van der Waals surface area contributed by atoms with E-state index in [9.17, 15) is 9.59 Å². The van der Waals surface area contributed by atoms with Gasteiger partial charge in [-0.15, -0.1) is 0 Å². The Balaban J connectivity index is 1.91. The molecule has 0 spiro atoms. The summed E-state index contributed by atoms with van der Waals surface area (Å²) in [6, 6.07) is 4.87. The Bertz CT molecular complexity index is 808. The van der Waals surface area contributed by atoms with Crippen LogP contribution in [0.1, 0.15) is 25.8 Å². The monoisotopic (exact) mass is 354 g/mol. The second kappa shape index (κ2) is 7.51. The molecule has 2 aromatic rings. The van der Waals surface area contributed by atoms with Crippen molar-refractivity contribution in [3.05, 3.63) is 42.4 Å². The summed E-state index contributed by atoms with van der Waals surface area (Å²) in [7, 11) is 1.59. The maximum absolute atomic E-state index is 12.9. The molecule has 1 aliphatic rings. The van der Waals surface area contributed by atoms with Crippen LogP contribution < -0.4 is 15.0 Å². The number of hydrogen-bond donors (Lipinski definition) is 1. The standard InChI is InChI=1S/C19H22N4O3/c1-12(2)8-16(19(25)22-17-11-20-6-7-21-17)23-15-5-4-14(26-3)9-13(15)10-18(23)24/h4-7,9,11-12,16H,8,10H2,1-3H3,(H,21,22,25). The van der Waals surface area contributed by atoms with Crippen LogP contribution in [0.2, 0.25) is 0 Å². The Morgan fingerprint density at radius 3 is 2.81 bits per heavy atom. The Kier molecular flexibility index (Phi) is 5.16. The Hall–Kier alpha value is -2.96. The number of fused-ring (bicyclic) bond motifs is 1. The molecule has 7 heteroatoms. The number of aromatic nitrogens is 2. The van der Waals surface area contributed by atoms with Crippen molar-refractivity contribution in [2.75, 3.05) is 17.3 Å². The number of rotatable bonds is 6. The number of benzene rings is 1. The van der Waals surface area contributed by atoms with Crippen molar-refractivity contribution in [1.29, 1.82) is 0 Å². The summed E-state index contributed by atoms with van der Waals surface area (Å²) in [5, 5.41) is 2.77. The lowest BCUT2D eigenvalue weighted by Crippen LogP contribution is -2.46. The summed E-state index contributed by atoms with van der Waals surface area (Å²) in [4.78, 5) is 35.2. The van der Waals surface area contributed by atoms with Gasteiger partial charge in [0, 0.05) is 18.1 Å². The fraction of sp³-hybridized carbons (Fsp3) is 0.368. The molecule has 0 saturated carbocycles. The van der Waals surface area contributed by atoms with E-state index >= 15 is 0 Å². The molecular weight excluding hydrogens is 332 g/mol. The van der Waals surface area contributed by atoms with Gasteiger partial charge in [-0.2, -0.15) is 0 Å². The van der Waals surface area contributed by atoms with E-state index in [0.29, 0.717) is 18.0 Å². The highest BCUT2D eigenvalue weighted by molar-refractivity contribution is 6.08. The smallest absolute Gasteiger partial charge is 0.248 e. The quantitative estimate of drug-likeness (QED) is 0.861. The van der Waals surface area contributed by atoms with E-state index < -0.39 is 6.04 Å². The minimum absolute atomic E-state index is 0.0896. The van der Waals surface area contributed by atoms with Crippen molar-refractivity contribution in [3.63, 3.8) is 0 Å². The van der Waals surface area contributed by atoms with E-state index in [-0.39, 0.29) is 24.2 Å². The SMILES string of the molecule is COc1ccc2c(c1)CC(=O)N2C(CC(C)C)C(=O)Nc1cnccn1. The van der Waals surface area contributed by atoms with Crippen LogP contribution >= 0.6 is 0 Å². The zero-order valence-corrected chi connectivity index (χ0v) is 15.1. The normalized spacial score (nSPS) is 14.3. The van der Waals surface area contributed by atoms with Gasteiger partial charge >= 0.3 is 0 Å². The molecule has 1 aliphatic heterocycles. The van der Waals surface area contributed by atoms with Gasteiger partial charge in [-0.05, 0) is 36.1 Å². The molecule has 1 unspecified atom stereocenters. The van der Waals surface area contributed by atoms with Gasteiger partial charge in [-0.25, -0.2) is 4.98 Å². The second-order valence-corrected chi connectivity index (χ2v) is 6.66. The van der Waals surface area contributed by atoms with Crippen LogP contribution in [0.3, 0.4) is 0 Å². The van der Waals surface area contributed by atoms with Crippen molar-refractivity contribution >= 4 is 23.3 Å². The Morgan fingerprint density at radius 2 is 2.15 bits per heavy atom. The van der Waals surface area contributed by atoms with Crippen LogP contribution in [0, 0.1) is 5.92 Å². The lowest BCUT2D eigenvalue weighted by atomic mass is 10.0. The highest BCUT2D eigenvalue weighted by Gasteiger charge is 2.37. The molecule has 1 N–H and O–H groups in total. The van der Waals surface area contributed by atoms with Crippen molar-refractivity contribution in [2.24, 2.45) is 5.92 Å². The van der Waals surface area contributed by atoms with Crippen molar-refractivity contribution in [2.45, 2.75) is 32.7 Å². The molecule has 0 saturated heterocycles. The molecule has 0 aliphatic carbocycles. The van der Waals surface area contributed by atoms with Gasteiger partial charge in [0.2, 0.25) is 11.8 Å². The van der Waals surface area contributed by atoms with Crippen LogP contribution in [-0.2, 0) is 16.0 Å². The van der Waals surface area contributed by atoms with Gasteiger partial charge in [-0.1, -0.05) is 13.8 Å². The minimum atomic E-state index is -0.612. The highest BCUT2D eigenvalue weighted by atomic mass is 16.5. The largest absolute Gasteiger partial charge is 0.497 e. The Morgan fingerprint density at radius 1 is 1.35 bits per heavy atom. The van der Waals surface area contributed by atoms with Crippen LogP contribution in [0.15, 0.2) is 36.8 Å². The first-order valence-electron chi connectivity index (χ1n) is 8.55. The van der Waals surface area contributed by atoms with E-state index in [1.54, 1.807) is 18.1 Å². The van der Waals surface area contributed by atoms with E-state index in [0.717, 1.165) is 11.3 Å². The van der Waals surface area contributed by atoms with Crippen molar-refractivity contribution in [3.8, 4) is 5.75 Å². The van der Waals surface area contributed by atoms with Crippen LogP contribution in [0.5, 0.6) is 5.75 Å². The number of nitrogens with zero attached hydrogens (tertiary/aromatic N) is 3. The third-order valence-corrected chi connectivity index (χ3v) is 4.28. The number of nitrogens with one attached hydrogen (secondary N) is 1. The predicted octanol–water partition coefficient (Wildman–Crippen LogP) is 2.43. The fourth-order valence-electron chi connectivity index (χ4n) is 3.14. The minimum Gasteiger partial charge on any atom is -0.497 e. The molecular formula is C19H22N4O3. The summed E-state index contributed by atoms with van der Waals surface area (Å²) in [5.41, 5.74) is 1.63. The number of hydrogen-bond acceptors (Lipinski definition) is 5. The first-order valence-corrected chi connectivity index (χ1v) is 8.55. The molecule has 7 nitrogen and oxygen atoms in total. The summed E-state index contributed by atoms with van der Waals surface area (Å²) < 4.78 is 5.24. The van der Waals surface area contributed by atoms with E-state index in [1.165, 1.54) is 18.6 Å². The zero-order chi connectivity index (χ0) is 18.7. The third kappa shape index (κ3) is 3.66. The number of anilines is 2. The number of amides is 2. The second-order valence-electron chi connectivity index (χ2n) is 6.66. The number of carbonyl (C=O) groups excluding carboxylic acids is 2. The van der Waals surface area contributed by atoms with Gasteiger partial charge in [0.25, 0.3) is 0 Å². The van der Waals surface area contributed by atoms with Crippen molar-refractivity contribution in [1.82, 2.24) is 9.97 Å². The lowest BCUT2D eigenvalue weighted by Gasteiger charge is -2.29.